The molecule has 0 aliphatic carbocycles. The maximum atomic E-state index is 11.6. The van der Waals surface area contributed by atoms with Crippen molar-refractivity contribution in [3.05, 3.63) is 11.8 Å². The predicted molar refractivity (Wildman–Crippen MR) is 86.8 cm³/mol. The molecule has 0 spiro atoms. The van der Waals surface area contributed by atoms with Gasteiger partial charge in [-0.2, -0.15) is 9.29 Å². The van der Waals surface area contributed by atoms with Crippen molar-refractivity contribution in [1.29, 1.82) is 0 Å². The first kappa shape index (κ1) is 15.5. The fraction of sp³-hybridized carbons (Fsp3) is 0.714. The number of hydrogen-bond acceptors (Lipinski definition) is 6. The lowest BCUT2D eigenvalue weighted by atomic mass is 10.3. The summed E-state index contributed by atoms with van der Waals surface area (Å²) in [6, 6.07) is 2.03. The molecule has 0 atom stereocenters. The van der Waals surface area contributed by atoms with E-state index in [0.29, 0.717) is 26.2 Å². The number of piperazine rings is 1. The van der Waals surface area contributed by atoms with Crippen LogP contribution in [0.5, 0.6) is 0 Å². The van der Waals surface area contributed by atoms with Gasteiger partial charge in [-0.25, -0.2) is 13.4 Å². The number of aryl methyl sites for hydroxylation is 1. The maximum absolute atomic E-state index is 11.6. The quantitative estimate of drug-likeness (QED) is 0.804. The standard InChI is InChI=1S/C14H23N5O2S/c1-12-11-13(17-5-3-4-6-17)16-14(15-12)18-7-9-19(10-8-18)22(2,20)21/h11H,3-10H2,1-2H3. The maximum Gasteiger partial charge on any atom is 0.227 e. The molecule has 3 heterocycles. The van der Waals surface area contributed by atoms with Crippen molar-refractivity contribution in [2.75, 3.05) is 55.3 Å². The summed E-state index contributed by atoms with van der Waals surface area (Å²) in [5.74, 6) is 1.71. The highest BCUT2D eigenvalue weighted by Gasteiger charge is 2.25. The Morgan fingerprint density at radius 3 is 2.18 bits per heavy atom. The zero-order chi connectivity index (χ0) is 15.7. The Morgan fingerprint density at radius 2 is 1.59 bits per heavy atom. The van der Waals surface area contributed by atoms with Gasteiger partial charge in [0.2, 0.25) is 16.0 Å². The third-order valence-corrected chi connectivity index (χ3v) is 5.55. The van der Waals surface area contributed by atoms with E-state index in [4.69, 9.17) is 4.98 Å². The smallest absolute Gasteiger partial charge is 0.227 e. The van der Waals surface area contributed by atoms with Gasteiger partial charge in [-0.15, -0.1) is 0 Å². The molecule has 0 bridgehead atoms. The molecule has 0 aromatic carbocycles. The molecule has 2 fully saturated rings. The summed E-state index contributed by atoms with van der Waals surface area (Å²) in [7, 11) is -3.10. The highest BCUT2D eigenvalue weighted by Crippen LogP contribution is 2.22. The van der Waals surface area contributed by atoms with Crippen molar-refractivity contribution in [2.24, 2.45) is 0 Å². The fourth-order valence-corrected chi connectivity index (χ4v) is 3.83. The Bertz CT molecular complexity index is 635. The Kier molecular flexibility index (Phi) is 4.22. The monoisotopic (exact) mass is 325 g/mol. The summed E-state index contributed by atoms with van der Waals surface area (Å²) in [6.45, 7) is 6.35. The minimum atomic E-state index is -3.10. The molecule has 0 unspecified atom stereocenters. The summed E-state index contributed by atoms with van der Waals surface area (Å²) in [6.07, 6.45) is 3.69. The minimum Gasteiger partial charge on any atom is -0.356 e. The van der Waals surface area contributed by atoms with E-state index in [-0.39, 0.29) is 0 Å². The van der Waals surface area contributed by atoms with E-state index in [9.17, 15) is 8.42 Å². The third kappa shape index (κ3) is 3.33. The number of aromatic nitrogens is 2. The lowest BCUT2D eigenvalue weighted by Crippen LogP contribution is -2.49. The molecule has 3 rings (SSSR count). The van der Waals surface area contributed by atoms with Crippen molar-refractivity contribution < 1.29 is 8.42 Å². The molecule has 1 aromatic heterocycles. The first-order chi connectivity index (χ1) is 10.4. The summed E-state index contributed by atoms with van der Waals surface area (Å²) >= 11 is 0. The predicted octanol–water partition coefficient (Wildman–Crippen LogP) is 0.467. The Hall–Kier alpha value is -1.41. The number of rotatable bonds is 3. The van der Waals surface area contributed by atoms with Crippen molar-refractivity contribution >= 4 is 21.8 Å². The van der Waals surface area contributed by atoms with E-state index in [2.05, 4.69) is 14.8 Å². The molecule has 0 saturated carbocycles. The second-order valence-electron chi connectivity index (χ2n) is 6.01. The van der Waals surface area contributed by atoms with Gasteiger partial charge in [0.25, 0.3) is 0 Å². The fourth-order valence-electron chi connectivity index (χ4n) is 3.01. The van der Waals surface area contributed by atoms with Crippen LogP contribution < -0.4 is 9.80 Å². The van der Waals surface area contributed by atoms with Crippen LogP contribution in [0.15, 0.2) is 6.07 Å². The van der Waals surface area contributed by atoms with Gasteiger partial charge in [0.05, 0.1) is 6.26 Å². The highest BCUT2D eigenvalue weighted by molar-refractivity contribution is 7.88. The van der Waals surface area contributed by atoms with E-state index in [0.717, 1.165) is 30.5 Å². The van der Waals surface area contributed by atoms with Crippen molar-refractivity contribution in [1.82, 2.24) is 14.3 Å². The van der Waals surface area contributed by atoms with Gasteiger partial charge in [0.15, 0.2) is 0 Å². The van der Waals surface area contributed by atoms with Crippen LogP contribution in [0.25, 0.3) is 0 Å². The molecule has 0 radical (unpaired) electrons. The van der Waals surface area contributed by atoms with Crippen LogP contribution >= 0.6 is 0 Å². The molecule has 8 heteroatoms. The van der Waals surface area contributed by atoms with Gasteiger partial charge in [-0.3, -0.25) is 0 Å². The average Bonchev–Trinajstić information content (AvgIpc) is 3.00. The number of sulfonamides is 1. The second kappa shape index (κ2) is 6.00. The first-order valence-corrected chi connectivity index (χ1v) is 9.59. The normalized spacial score (nSPS) is 20.6. The zero-order valence-corrected chi connectivity index (χ0v) is 14.0. The van der Waals surface area contributed by atoms with E-state index >= 15 is 0 Å². The van der Waals surface area contributed by atoms with E-state index in [1.807, 2.05) is 13.0 Å². The zero-order valence-electron chi connectivity index (χ0n) is 13.2. The van der Waals surface area contributed by atoms with Gasteiger partial charge in [0.1, 0.15) is 5.82 Å². The van der Waals surface area contributed by atoms with E-state index < -0.39 is 10.0 Å². The van der Waals surface area contributed by atoms with Crippen LogP contribution in [-0.4, -0.2) is 68.2 Å². The summed E-state index contributed by atoms with van der Waals surface area (Å²) in [4.78, 5) is 13.6. The summed E-state index contributed by atoms with van der Waals surface area (Å²) < 4.78 is 24.7. The highest BCUT2D eigenvalue weighted by atomic mass is 32.2. The Labute approximate surface area is 132 Å². The van der Waals surface area contributed by atoms with Crippen molar-refractivity contribution in [2.45, 2.75) is 19.8 Å². The molecule has 1 aromatic rings. The molecule has 2 aliphatic heterocycles. The molecular formula is C14H23N5O2S. The van der Waals surface area contributed by atoms with Crippen molar-refractivity contribution in [3.63, 3.8) is 0 Å². The van der Waals surface area contributed by atoms with Gasteiger partial charge in [-0.1, -0.05) is 0 Å². The van der Waals surface area contributed by atoms with Crippen LogP contribution in [0, 0.1) is 6.92 Å². The largest absolute Gasteiger partial charge is 0.356 e. The van der Waals surface area contributed by atoms with Crippen molar-refractivity contribution in [3.8, 4) is 0 Å². The second-order valence-corrected chi connectivity index (χ2v) is 7.99. The first-order valence-electron chi connectivity index (χ1n) is 7.74. The molecule has 7 nitrogen and oxygen atoms in total. The summed E-state index contributed by atoms with van der Waals surface area (Å²) in [5.41, 5.74) is 0.956. The third-order valence-electron chi connectivity index (χ3n) is 4.25. The Balaban J connectivity index is 1.75. The van der Waals surface area contributed by atoms with Crippen LogP contribution in [0.2, 0.25) is 0 Å². The molecule has 2 aliphatic rings. The van der Waals surface area contributed by atoms with Gasteiger partial charge < -0.3 is 9.80 Å². The molecule has 2 saturated heterocycles. The van der Waals surface area contributed by atoms with Crippen LogP contribution in [0.4, 0.5) is 11.8 Å². The number of nitrogens with zero attached hydrogens (tertiary/aromatic N) is 5. The average molecular weight is 325 g/mol. The Morgan fingerprint density at radius 1 is 0.955 bits per heavy atom. The topological polar surface area (TPSA) is 69.6 Å². The lowest BCUT2D eigenvalue weighted by Gasteiger charge is -2.33. The number of anilines is 2. The molecule has 22 heavy (non-hydrogen) atoms. The molecule has 122 valence electrons. The lowest BCUT2D eigenvalue weighted by molar-refractivity contribution is 0.385. The molecular weight excluding hydrogens is 302 g/mol. The van der Waals surface area contributed by atoms with Crippen LogP contribution in [0.1, 0.15) is 18.5 Å². The van der Waals surface area contributed by atoms with Crippen LogP contribution in [-0.2, 0) is 10.0 Å². The number of hydrogen-bond donors (Lipinski definition) is 0. The van der Waals surface area contributed by atoms with Crippen LogP contribution in [0.3, 0.4) is 0 Å². The minimum absolute atomic E-state index is 0.495. The van der Waals surface area contributed by atoms with Gasteiger partial charge in [-0.05, 0) is 19.8 Å². The molecule has 0 N–H and O–H groups in total. The van der Waals surface area contributed by atoms with Gasteiger partial charge in [0, 0.05) is 51.0 Å². The van der Waals surface area contributed by atoms with E-state index in [1.165, 1.54) is 23.4 Å². The van der Waals surface area contributed by atoms with E-state index in [1.54, 1.807) is 0 Å². The summed E-state index contributed by atoms with van der Waals surface area (Å²) in [5, 5.41) is 0. The molecule has 0 amide bonds. The van der Waals surface area contributed by atoms with Gasteiger partial charge >= 0.3 is 0 Å². The SMILES string of the molecule is Cc1cc(N2CCCC2)nc(N2CCN(S(C)(=O)=O)CC2)n1.